The van der Waals surface area contributed by atoms with Gasteiger partial charge in [0, 0.05) is 21.7 Å². The number of rotatable bonds is 8. The van der Waals surface area contributed by atoms with Gasteiger partial charge in [0.2, 0.25) is 0 Å². The van der Waals surface area contributed by atoms with Gasteiger partial charge >= 0.3 is 5.97 Å². The maximum atomic E-state index is 12.8. The first-order valence-corrected chi connectivity index (χ1v) is 11.5. The standard InChI is InChI=1S/C18H20ClN5O5S2/c1-3-4-5-9(19)8-6-30-16-12(15(26)24(16)13(8)17(27)28)22-14(25)11(23-29-2)10-7-31-18(20)21-10/h5,7,12,16H,3-4,6H2,1-2H3,(H2,20,21)(H,22,25)(H,27,28)/b9-5-,23-11-/t12-,16-/m1/s1. The van der Waals surface area contributed by atoms with Crippen LogP contribution in [0.25, 0.3) is 0 Å². The number of carbonyl (C=O) groups is 3. The smallest absolute Gasteiger partial charge is 0.353 e. The number of carbonyl (C=O) groups excluding carboxylic acids is 2. The number of nitrogens with zero attached hydrogens (tertiary/aromatic N) is 3. The van der Waals surface area contributed by atoms with Crippen molar-refractivity contribution in [1.82, 2.24) is 15.2 Å². The highest BCUT2D eigenvalue weighted by Gasteiger charge is 2.54. The number of thiazole rings is 1. The molecule has 2 aliphatic rings. The Morgan fingerprint density at radius 3 is 2.87 bits per heavy atom. The number of nitrogens with one attached hydrogen (secondary N) is 1. The number of hydrogen-bond donors (Lipinski definition) is 3. The highest BCUT2D eigenvalue weighted by Crippen LogP contribution is 2.42. The van der Waals surface area contributed by atoms with Crippen molar-refractivity contribution in [1.29, 1.82) is 0 Å². The summed E-state index contributed by atoms with van der Waals surface area (Å²) < 4.78 is 0. The van der Waals surface area contributed by atoms with E-state index in [9.17, 15) is 19.5 Å². The quantitative estimate of drug-likeness (QED) is 0.286. The third-order valence-electron chi connectivity index (χ3n) is 4.52. The van der Waals surface area contributed by atoms with Gasteiger partial charge in [-0.05, 0) is 6.42 Å². The number of aromatic nitrogens is 1. The number of nitrogens with two attached hydrogens (primary N) is 1. The van der Waals surface area contributed by atoms with Crippen molar-refractivity contribution < 1.29 is 24.3 Å². The molecule has 1 aromatic heterocycles. The Kier molecular flexibility index (Phi) is 7.23. The van der Waals surface area contributed by atoms with Crippen molar-refractivity contribution in [2.24, 2.45) is 5.16 Å². The molecule has 0 bridgehead atoms. The molecule has 0 aromatic carbocycles. The third-order valence-corrected chi connectivity index (χ3v) is 6.86. The van der Waals surface area contributed by atoms with E-state index in [0.717, 1.165) is 22.7 Å². The minimum absolute atomic E-state index is 0.136. The normalized spacial score (nSPS) is 21.5. The first-order valence-electron chi connectivity index (χ1n) is 9.20. The van der Waals surface area contributed by atoms with Crippen LogP contribution < -0.4 is 11.1 Å². The topological polar surface area (TPSA) is 147 Å². The number of halogens is 1. The molecular formula is C18H20ClN5O5S2. The van der Waals surface area contributed by atoms with Crippen LogP contribution in [0.5, 0.6) is 0 Å². The molecular weight excluding hydrogens is 466 g/mol. The molecule has 2 aliphatic heterocycles. The number of oxime groups is 1. The molecule has 0 spiro atoms. The zero-order valence-electron chi connectivity index (χ0n) is 16.6. The minimum Gasteiger partial charge on any atom is -0.477 e. The van der Waals surface area contributed by atoms with Crippen LogP contribution in [-0.4, -0.2) is 62.8 Å². The van der Waals surface area contributed by atoms with E-state index in [-0.39, 0.29) is 22.2 Å². The lowest BCUT2D eigenvalue weighted by atomic mass is 10.0. The second kappa shape index (κ2) is 9.71. The Hall–Kier alpha value is -2.57. The molecule has 2 amide bonds. The maximum Gasteiger partial charge on any atom is 0.353 e. The maximum absolute atomic E-state index is 12.8. The average Bonchev–Trinajstić information content (AvgIpc) is 3.18. The summed E-state index contributed by atoms with van der Waals surface area (Å²) in [4.78, 5) is 47.3. The number of carboxylic acids is 1. The van der Waals surface area contributed by atoms with Crippen molar-refractivity contribution in [3.8, 4) is 0 Å². The lowest BCUT2D eigenvalue weighted by molar-refractivity contribution is -0.150. The van der Waals surface area contributed by atoms with E-state index in [1.807, 2.05) is 6.92 Å². The van der Waals surface area contributed by atoms with E-state index in [2.05, 4.69) is 15.5 Å². The van der Waals surface area contributed by atoms with Gasteiger partial charge in [-0.25, -0.2) is 9.78 Å². The number of carboxylic acid groups (broad SMARTS) is 1. The van der Waals surface area contributed by atoms with E-state index in [1.54, 1.807) is 11.5 Å². The van der Waals surface area contributed by atoms with Crippen LogP contribution in [-0.2, 0) is 19.2 Å². The predicted octanol–water partition coefficient (Wildman–Crippen LogP) is 1.74. The van der Waals surface area contributed by atoms with E-state index in [1.165, 1.54) is 18.9 Å². The van der Waals surface area contributed by atoms with Crippen molar-refractivity contribution in [2.75, 3.05) is 18.6 Å². The largest absolute Gasteiger partial charge is 0.477 e. The molecule has 0 aliphatic carbocycles. The molecule has 13 heteroatoms. The zero-order chi connectivity index (χ0) is 22.7. The number of aliphatic carboxylic acids is 1. The summed E-state index contributed by atoms with van der Waals surface area (Å²) in [6.45, 7) is 1.98. The summed E-state index contributed by atoms with van der Waals surface area (Å²) in [5.41, 5.74) is 5.92. The molecule has 0 unspecified atom stereocenters. The summed E-state index contributed by atoms with van der Waals surface area (Å²) in [6.07, 6.45) is 3.30. The highest BCUT2D eigenvalue weighted by atomic mass is 35.5. The molecule has 2 atom stereocenters. The van der Waals surface area contributed by atoms with Crippen LogP contribution in [0.2, 0.25) is 0 Å². The van der Waals surface area contributed by atoms with Crippen LogP contribution in [0, 0.1) is 0 Å². The lowest BCUT2D eigenvalue weighted by Crippen LogP contribution is -2.71. The number of thioether (sulfide) groups is 1. The molecule has 31 heavy (non-hydrogen) atoms. The summed E-state index contributed by atoms with van der Waals surface area (Å²) in [5.74, 6) is -2.18. The number of allylic oxidation sites excluding steroid dienone is 2. The molecule has 1 aromatic rings. The van der Waals surface area contributed by atoms with E-state index in [0.29, 0.717) is 22.8 Å². The number of anilines is 1. The van der Waals surface area contributed by atoms with Gasteiger partial charge in [-0.3, -0.25) is 14.5 Å². The molecule has 3 rings (SSSR count). The summed E-state index contributed by atoms with van der Waals surface area (Å²) >= 11 is 8.75. The second-order valence-electron chi connectivity index (χ2n) is 6.53. The molecule has 1 saturated heterocycles. The minimum atomic E-state index is -1.25. The van der Waals surface area contributed by atoms with Crippen molar-refractivity contribution >= 4 is 63.3 Å². The van der Waals surface area contributed by atoms with E-state index >= 15 is 0 Å². The fraction of sp³-hybridized carbons (Fsp3) is 0.389. The number of nitrogen functional groups attached to an aromatic ring is 1. The third kappa shape index (κ3) is 4.55. The summed E-state index contributed by atoms with van der Waals surface area (Å²) in [6, 6.07) is -0.926. The number of hydrogen-bond acceptors (Lipinski definition) is 9. The molecule has 10 nitrogen and oxygen atoms in total. The first kappa shape index (κ1) is 23.1. The van der Waals surface area contributed by atoms with Crippen LogP contribution >= 0.6 is 34.7 Å². The van der Waals surface area contributed by atoms with E-state index < -0.39 is 29.2 Å². The molecule has 166 valence electrons. The monoisotopic (exact) mass is 485 g/mol. The van der Waals surface area contributed by atoms with Gasteiger partial charge in [0.05, 0.1) is 0 Å². The molecule has 0 radical (unpaired) electrons. The second-order valence-corrected chi connectivity index (χ2v) is 8.93. The average molecular weight is 486 g/mol. The Balaban J connectivity index is 1.82. The van der Waals surface area contributed by atoms with Crippen molar-refractivity contribution in [3.63, 3.8) is 0 Å². The fourth-order valence-electron chi connectivity index (χ4n) is 3.10. The summed E-state index contributed by atoms with van der Waals surface area (Å²) in [7, 11) is 1.28. The van der Waals surface area contributed by atoms with E-state index in [4.69, 9.17) is 22.2 Å². The van der Waals surface area contributed by atoms with Crippen LogP contribution in [0.1, 0.15) is 25.5 Å². The van der Waals surface area contributed by atoms with Crippen LogP contribution in [0.15, 0.2) is 32.9 Å². The van der Waals surface area contributed by atoms with Gasteiger partial charge in [0.1, 0.15) is 29.9 Å². The number of β-lactam (4-membered cyclic amide) rings is 1. The Bertz CT molecular complexity index is 1010. The highest BCUT2D eigenvalue weighted by molar-refractivity contribution is 8.00. The fourth-order valence-corrected chi connectivity index (χ4v) is 5.36. The summed E-state index contributed by atoms with van der Waals surface area (Å²) in [5, 5.41) is 17.5. The number of unbranched alkanes of at least 4 members (excludes halogenated alkanes) is 1. The van der Waals surface area contributed by atoms with Gasteiger partial charge in [0.25, 0.3) is 11.8 Å². The predicted molar refractivity (Wildman–Crippen MR) is 119 cm³/mol. The Morgan fingerprint density at radius 2 is 2.29 bits per heavy atom. The van der Waals surface area contributed by atoms with Gasteiger partial charge in [-0.2, -0.15) is 0 Å². The number of fused-ring (bicyclic) bond motifs is 1. The Morgan fingerprint density at radius 1 is 1.55 bits per heavy atom. The van der Waals surface area contributed by atoms with Crippen molar-refractivity contribution in [2.45, 2.75) is 31.2 Å². The van der Waals surface area contributed by atoms with Gasteiger partial charge in [-0.15, -0.1) is 23.1 Å². The molecule has 3 heterocycles. The van der Waals surface area contributed by atoms with Gasteiger partial charge in [-0.1, -0.05) is 36.2 Å². The van der Waals surface area contributed by atoms with Crippen LogP contribution in [0.4, 0.5) is 5.13 Å². The molecule has 0 saturated carbocycles. The van der Waals surface area contributed by atoms with Crippen LogP contribution in [0.3, 0.4) is 0 Å². The SMILES string of the molecule is CCC/C=C(\Cl)C1=C(C(=O)O)N2C(=O)[C@@H](NC(=O)/C(=N\OC)c3csc(N)n3)[C@H]2SC1. The number of amides is 2. The molecule has 4 N–H and O–H groups in total. The van der Waals surface area contributed by atoms with Crippen molar-refractivity contribution in [3.05, 3.63) is 33.5 Å². The van der Waals surface area contributed by atoms with Gasteiger partial charge in [0.15, 0.2) is 10.8 Å². The lowest BCUT2D eigenvalue weighted by Gasteiger charge is -2.49. The zero-order valence-corrected chi connectivity index (χ0v) is 19.0. The molecule has 1 fully saturated rings. The van der Waals surface area contributed by atoms with Gasteiger partial charge < -0.3 is 21.0 Å². The first-order chi connectivity index (χ1) is 14.8. The Labute approximate surface area is 191 Å².